The zero-order valence-electron chi connectivity index (χ0n) is 13.7. The van der Waals surface area contributed by atoms with Gasteiger partial charge in [0, 0.05) is 16.6 Å². The van der Waals surface area contributed by atoms with Crippen molar-refractivity contribution < 1.29 is 4.74 Å². The summed E-state index contributed by atoms with van der Waals surface area (Å²) in [6.07, 6.45) is 0. The third-order valence-corrected chi connectivity index (χ3v) is 4.58. The minimum absolute atomic E-state index is 0.0367. The molecule has 2 aromatic rings. The van der Waals surface area contributed by atoms with Crippen molar-refractivity contribution in [3.8, 4) is 5.75 Å². The predicted octanol–water partition coefficient (Wildman–Crippen LogP) is 5.09. The summed E-state index contributed by atoms with van der Waals surface area (Å²) in [5.74, 6) is 0.955. The Labute approximate surface area is 141 Å². The fourth-order valence-corrected chi connectivity index (χ4v) is 2.64. The molecule has 0 bridgehead atoms. The van der Waals surface area contributed by atoms with Gasteiger partial charge in [-0.3, -0.25) is 0 Å². The Morgan fingerprint density at radius 3 is 2.18 bits per heavy atom. The standard InChI is InChI=1S/C19H24BrNO/c1-13-9-18(16(10-17(13)20)19(2,3)4)22-12-15-7-5-14(11-21)6-8-15/h5-10H,11-12,21H2,1-4H3. The molecule has 3 heteroatoms. The monoisotopic (exact) mass is 361 g/mol. The molecular weight excluding hydrogens is 338 g/mol. The maximum absolute atomic E-state index is 6.11. The normalized spacial score (nSPS) is 11.5. The minimum Gasteiger partial charge on any atom is -0.489 e. The molecule has 0 radical (unpaired) electrons. The molecule has 22 heavy (non-hydrogen) atoms. The van der Waals surface area contributed by atoms with Crippen LogP contribution in [0.4, 0.5) is 0 Å². The summed E-state index contributed by atoms with van der Waals surface area (Å²) in [4.78, 5) is 0. The van der Waals surface area contributed by atoms with Crippen LogP contribution in [0.1, 0.15) is 43.0 Å². The smallest absolute Gasteiger partial charge is 0.123 e. The summed E-state index contributed by atoms with van der Waals surface area (Å²) in [5.41, 5.74) is 10.3. The number of nitrogens with two attached hydrogens (primary N) is 1. The van der Waals surface area contributed by atoms with Crippen molar-refractivity contribution in [2.24, 2.45) is 5.73 Å². The first-order valence-corrected chi connectivity index (χ1v) is 8.32. The number of rotatable bonds is 4. The fourth-order valence-electron chi connectivity index (χ4n) is 2.29. The highest BCUT2D eigenvalue weighted by Crippen LogP contribution is 2.36. The van der Waals surface area contributed by atoms with Gasteiger partial charge in [-0.15, -0.1) is 0 Å². The number of benzene rings is 2. The zero-order chi connectivity index (χ0) is 16.3. The quantitative estimate of drug-likeness (QED) is 0.822. The summed E-state index contributed by atoms with van der Waals surface area (Å²) < 4.78 is 7.23. The van der Waals surface area contributed by atoms with Crippen LogP contribution in [0.15, 0.2) is 40.9 Å². The van der Waals surface area contributed by atoms with Crippen molar-refractivity contribution in [1.82, 2.24) is 0 Å². The van der Waals surface area contributed by atoms with Crippen molar-refractivity contribution in [3.63, 3.8) is 0 Å². The number of ether oxygens (including phenoxy) is 1. The van der Waals surface area contributed by atoms with Gasteiger partial charge in [-0.2, -0.15) is 0 Å². The highest BCUT2D eigenvalue weighted by atomic mass is 79.9. The van der Waals surface area contributed by atoms with Crippen LogP contribution in [0.2, 0.25) is 0 Å². The van der Waals surface area contributed by atoms with E-state index in [0.717, 1.165) is 21.3 Å². The fraction of sp³-hybridized carbons (Fsp3) is 0.368. The van der Waals surface area contributed by atoms with Crippen molar-refractivity contribution in [1.29, 1.82) is 0 Å². The van der Waals surface area contributed by atoms with Crippen LogP contribution in [-0.2, 0) is 18.6 Å². The lowest BCUT2D eigenvalue weighted by Crippen LogP contribution is -2.14. The largest absolute Gasteiger partial charge is 0.489 e. The molecule has 0 heterocycles. The Kier molecular flexibility index (Phi) is 5.30. The maximum atomic E-state index is 6.11. The van der Waals surface area contributed by atoms with E-state index in [-0.39, 0.29) is 5.41 Å². The van der Waals surface area contributed by atoms with Crippen LogP contribution in [0, 0.1) is 6.92 Å². The van der Waals surface area contributed by atoms with Crippen molar-refractivity contribution in [3.05, 3.63) is 63.1 Å². The van der Waals surface area contributed by atoms with Crippen LogP contribution >= 0.6 is 15.9 Å². The highest BCUT2D eigenvalue weighted by Gasteiger charge is 2.20. The Balaban J connectivity index is 2.22. The van der Waals surface area contributed by atoms with Gasteiger partial charge in [0.2, 0.25) is 0 Å². The first kappa shape index (κ1) is 17.0. The SMILES string of the molecule is Cc1cc(OCc2ccc(CN)cc2)c(C(C)(C)C)cc1Br. The molecule has 0 aromatic heterocycles. The maximum Gasteiger partial charge on any atom is 0.123 e. The van der Waals surface area contributed by atoms with E-state index < -0.39 is 0 Å². The lowest BCUT2D eigenvalue weighted by atomic mass is 9.86. The molecule has 0 spiro atoms. The van der Waals surface area contributed by atoms with Gasteiger partial charge in [0.05, 0.1) is 0 Å². The molecule has 2 aromatic carbocycles. The Morgan fingerprint density at radius 1 is 1.05 bits per heavy atom. The van der Waals surface area contributed by atoms with Crippen molar-refractivity contribution in [2.45, 2.75) is 46.3 Å². The molecule has 0 aliphatic heterocycles. The Morgan fingerprint density at radius 2 is 1.64 bits per heavy atom. The van der Waals surface area contributed by atoms with E-state index in [2.05, 4.69) is 80.0 Å². The summed E-state index contributed by atoms with van der Waals surface area (Å²) in [6, 6.07) is 12.5. The van der Waals surface area contributed by atoms with Crippen LogP contribution < -0.4 is 10.5 Å². The lowest BCUT2D eigenvalue weighted by Gasteiger charge is -2.24. The third kappa shape index (κ3) is 4.11. The molecule has 0 unspecified atom stereocenters. The zero-order valence-corrected chi connectivity index (χ0v) is 15.3. The second-order valence-corrected chi connectivity index (χ2v) is 7.51. The average Bonchev–Trinajstić information content (AvgIpc) is 2.47. The number of hydrogen-bond acceptors (Lipinski definition) is 2. The molecule has 0 aliphatic rings. The number of halogens is 1. The summed E-state index contributed by atoms with van der Waals surface area (Å²) >= 11 is 3.62. The highest BCUT2D eigenvalue weighted by molar-refractivity contribution is 9.10. The molecule has 2 rings (SSSR count). The lowest BCUT2D eigenvalue weighted by molar-refractivity contribution is 0.297. The Hall–Kier alpha value is -1.32. The van der Waals surface area contributed by atoms with Crippen LogP contribution in [0.3, 0.4) is 0 Å². The van der Waals surface area contributed by atoms with Gasteiger partial charge in [0.25, 0.3) is 0 Å². The molecule has 0 aliphatic carbocycles. The van der Waals surface area contributed by atoms with Gasteiger partial charge in [-0.05, 0) is 41.2 Å². The second-order valence-electron chi connectivity index (χ2n) is 6.66. The summed E-state index contributed by atoms with van der Waals surface area (Å²) in [5, 5.41) is 0. The van der Waals surface area contributed by atoms with Gasteiger partial charge in [0.1, 0.15) is 12.4 Å². The van der Waals surface area contributed by atoms with E-state index in [1.165, 1.54) is 11.1 Å². The van der Waals surface area contributed by atoms with E-state index in [1.54, 1.807) is 0 Å². The molecule has 0 fully saturated rings. The van der Waals surface area contributed by atoms with Crippen molar-refractivity contribution >= 4 is 15.9 Å². The predicted molar refractivity (Wildman–Crippen MR) is 96.2 cm³/mol. The molecule has 0 amide bonds. The molecule has 0 saturated carbocycles. The van der Waals surface area contributed by atoms with Gasteiger partial charge >= 0.3 is 0 Å². The van der Waals surface area contributed by atoms with Gasteiger partial charge < -0.3 is 10.5 Å². The molecular formula is C19H24BrNO. The summed E-state index contributed by atoms with van der Waals surface area (Å²) in [7, 11) is 0. The Bertz CT molecular complexity index is 642. The third-order valence-electron chi connectivity index (χ3n) is 3.72. The molecule has 0 saturated heterocycles. The van der Waals surface area contributed by atoms with Crippen molar-refractivity contribution in [2.75, 3.05) is 0 Å². The first-order chi connectivity index (χ1) is 10.3. The molecule has 2 nitrogen and oxygen atoms in total. The van der Waals surface area contributed by atoms with Crippen LogP contribution in [0.25, 0.3) is 0 Å². The molecule has 2 N–H and O–H groups in total. The number of hydrogen-bond donors (Lipinski definition) is 1. The van der Waals surface area contributed by atoms with Gasteiger partial charge in [0.15, 0.2) is 0 Å². The van der Waals surface area contributed by atoms with E-state index in [9.17, 15) is 0 Å². The molecule has 0 atom stereocenters. The average molecular weight is 362 g/mol. The van der Waals surface area contributed by atoms with E-state index in [0.29, 0.717) is 13.2 Å². The number of aryl methyl sites for hydroxylation is 1. The van der Waals surface area contributed by atoms with Crippen LogP contribution in [0.5, 0.6) is 5.75 Å². The second kappa shape index (κ2) is 6.84. The van der Waals surface area contributed by atoms with E-state index in [1.807, 2.05) is 0 Å². The topological polar surface area (TPSA) is 35.2 Å². The minimum atomic E-state index is 0.0367. The van der Waals surface area contributed by atoms with E-state index >= 15 is 0 Å². The first-order valence-electron chi connectivity index (χ1n) is 7.52. The summed E-state index contributed by atoms with van der Waals surface area (Å²) in [6.45, 7) is 9.82. The van der Waals surface area contributed by atoms with Gasteiger partial charge in [-0.1, -0.05) is 61.0 Å². The van der Waals surface area contributed by atoms with Gasteiger partial charge in [-0.25, -0.2) is 0 Å². The molecule has 118 valence electrons. The van der Waals surface area contributed by atoms with E-state index in [4.69, 9.17) is 10.5 Å². The van der Waals surface area contributed by atoms with Crippen LogP contribution in [-0.4, -0.2) is 0 Å².